The van der Waals surface area contributed by atoms with Gasteiger partial charge in [0, 0.05) is 32.4 Å². The van der Waals surface area contributed by atoms with Crippen LogP contribution in [-0.2, 0) is 30.3 Å². The van der Waals surface area contributed by atoms with E-state index < -0.39 is 5.92 Å². The summed E-state index contributed by atoms with van der Waals surface area (Å²) >= 11 is 1.40. The maximum absolute atomic E-state index is 12.2. The van der Waals surface area contributed by atoms with Gasteiger partial charge in [0.2, 0.25) is 16.9 Å². The van der Waals surface area contributed by atoms with Gasteiger partial charge in [-0.2, -0.15) is 0 Å². The number of nitrogens with zero attached hydrogens (tertiary/aromatic N) is 3. The molecule has 0 bridgehead atoms. The highest BCUT2D eigenvalue weighted by Gasteiger charge is 2.36. The third-order valence-corrected chi connectivity index (χ3v) is 4.74. The molecule has 27 heavy (non-hydrogen) atoms. The van der Waals surface area contributed by atoms with Gasteiger partial charge in [0.25, 0.3) is 6.47 Å². The Balaban J connectivity index is 0.00000114. The lowest BCUT2D eigenvalue weighted by molar-refractivity contribution is -0.140. The summed E-state index contributed by atoms with van der Waals surface area (Å²) in [5, 5.41) is 19.2. The number of hydrogen-bond donors (Lipinski definition) is 2. The number of ether oxygens (including phenoxy) is 1. The Hall–Kier alpha value is -2.56. The number of methoxy groups -OCH3 is 1. The van der Waals surface area contributed by atoms with Crippen molar-refractivity contribution in [3.63, 3.8) is 0 Å². The fourth-order valence-electron chi connectivity index (χ4n) is 2.43. The number of aryl methyl sites for hydroxylation is 1. The molecule has 1 saturated heterocycles. The molecule has 1 aromatic rings. The normalized spacial score (nSPS) is 15.7. The van der Waals surface area contributed by atoms with Gasteiger partial charge in [0.15, 0.2) is 0 Å². The second-order valence-corrected chi connectivity index (χ2v) is 6.75. The number of rotatable bonds is 8. The Morgan fingerprint density at radius 2 is 2.15 bits per heavy atom. The minimum Gasteiger partial charge on any atom is -0.483 e. The number of carboxylic acid groups (broad SMARTS) is 1. The zero-order valence-electron chi connectivity index (χ0n) is 15.3. The number of esters is 1. The molecule has 2 amide bonds. The average Bonchev–Trinajstić information content (AvgIpc) is 3.25. The van der Waals surface area contributed by atoms with E-state index in [9.17, 15) is 14.4 Å². The number of anilines is 1. The number of amides is 2. The molecule has 1 unspecified atom stereocenters. The maximum atomic E-state index is 12.2. The Kier molecular flexibility index (Phi) is 9.94. The Morgan fingerprint density at radius 1 is 1.44 bits per heavy atom. The third kappa shape index (κ3) is 7.29. The van der Waals surface area contributed by atoms with Gasteiger partial charge in [-0.25, -0.2) is 0 Å². The van der Waals surface area contributed by atoms with Crippen molar-refractivity contribution in [2.45, 2.75) is 39.0 Å². The highest BCUT2D eigenvalue weighted by Crippen LogP contribution is 2.28. The number of carbonyl (C=O) groups excluding carboxylic acids is 3. The minimum atomic E-state index is -0.394. The molecule has 2 rings (SSSR count). The molecule has 1 atom stereocenters. The number of hydrogen-bond acceptors (Lipinski definition) is 8. The highest BCUT2D eigenvalue weighted by atomic mass is 32.1. The first-order valence-electron chi connectivity index (χ1n) is 8.51. The highest BCUT2D eigenvalue weighted by molar-refractivity contribution is 7.15. The molecule has 0 aliphatic carbocycles. The standard InChI is InChI=1S/C15H22N4O4S.CH2O2/c1-3-5-11-17-18-15(24-11)19-9-10(8-12(19)20)14(22)16-7-4-6-13(21)23-2;2-1-3/h10H,3-9H2,1-2H3,(H,16,22);1H,(H,2,3). The first kappa shape index (κ1) is 22.5. The zero-order valence-corrected chi connectivity index (χ0v) is 16.2. The van der Waals surface area contributed by atoms with E-state index in [1.54, 1.807) is 0 Å². The lowest BCUT2D eigenvalue weighted by atomic mass is 10.1. The average molecular weight is 400 g/mol. The van der Waals surface area contributed by atoms with Crippen LogP contribution in [0, 0.1) is 5.92 Å². The molecule has 150 valence electrons. The summed E-state index contributed by atoms with van der Waals surface area (Å²) in [6, 6.07) is 0. The molecular weight excluding hydrogens is 376 g/mol. The topological polar surface area (TPSA) is 139 Å². The van der Waals surface area contributed by atoms with Gasteiger partial charge in [0.05, 0.1) is 13.0 Å². The summed E-state index contributed by atoms with van der Waals surface area (Å²) < 4.78 is 4.54. The Labute approximate surface area is 160 Å². The molecule has 0 saturated carbocycles. The third-order valence-electron chi connectivity index (χ3n) is 3.73. The first-order chi connectivity index (χ1) is 13.0. The largest absolute Gasteiger partial charge is 0.483 e. The van der Waals surface area contributed by atoms with Crippen molar-refractivity contribution in [2.75, 3.05) is 25.1 Å². The number of nitrogens with one attached hydrogen (secondary N) is 1. The predicted octanol–water partition coefficient (Wildman–Crippen LogP) is 0.614. The second kappa shape index (κ2) is 11.9. The molecular formula is C16H24N4O6S. The van der Waals surface area contributed by atoms with E-state index in [0.29, 0.717) is 24.6 Å². The molecule has 2 N–H and O–H groups in total. The van der Waals surface area contributed by atoms with E-state index in [2.05, 4.69) is 27.2 Å². The fraction of sp³-hybridized carbons (Fsp3) is 0.625. The molecule has 1 fully saturated rings. The van der Waals surface area contributed by atoms with Crippen LogP contribution < -0.4 is 10.2 Å². The lowest BCUT2D eigenvalue weighted by Crippen LogP contribution is -2.33. The minimum absolute atomic E-state index is 0.107. The van der Waals surface area contributed by atoms with Gasteiger partial charge in [-0.3, -0.25) is 24.1 Å². The summed E-state index contributed by atoms with van der Waals surface area (Å²) in [7, 11) is 1.33. The molecule has 1 aliphatic rings. The van der Waals surface area contributed by atoms with Crippen LogP contribution in [0.25, 0.3) is 0 Å². The van der Waals surface area contributed by atoms with Crippen LogP contribution in [0.3, 0.4) is 0 Å². The van der Waals surface area contributed by atoms with E-state index in [-0.39, 0.29) is 37.1 Å². The molecule has 0 aromatic carbocycles. The molecule has 0 radical (unpaired) electrons. The van der Waals surface area contributed by atoms with E-state index in [1.807, 2.05) is 0 Å². The summed E-state index contributed by atoms with van der Waals surface area (Å²) in [6.07, 6.45) is 2.76. The van der Waals surface area contributed by atoms with E-state index in [1.165, 1.54) is 23.3 Å². The molecule has 10 nitrogen and oxygen atoms in total. The van der Waals surface area contributed by atoms with Gasteiger partial charge in [-0.1, -0.05) is 18.3 Å². The SMILES string of the molecule is CCCc1nnc(N2CC(C(=O)NCCCC(=O)OC)CC2=O)s1.O=CO. The van der Waals surface area contributed by atoms with Crippen molar-refractivity contribution in [3.8, 4) is 0 Å². The van der Waals surface area contributed by atoms with Gasteiger partial charge in [0.1, 0.15) is 5.01 Å². The zero-order chi connectivity index (χ0) is 20.2. The number of carbonyl (C=O) groups is 4. The Bertz CT molecular complexity index is 651. The molecule has 1 aromatic heterocycles. The van der Waals surface area contributed by atoms with Crippen LogP contribution >= 0.6 is 11.3 Å². The van der Waals surface area contributed by atoms with Crippen molar-refractivity contribution in [2.24, 2.45) is 5.92 Å². The second-order valence-electron chi connectivity index (χ2n) is 5.71. The lowest BCUT2D eigenvalue weighted by Gasteiger charge is -2.12. The molecule has 1 aliphatic heterocycles. The smallest absolute Gasteiger partial charge is 0.305 e. The summed E-state index contributed by atoms with van der Waals surface area (Å²) in [6.45, 7) is 2.52. The van der Waals surface area contributed by atoms with Crippen LogP contribution in [-0.4, -0.2) is 59.8 Å². The van der Waals surface area contributed by atoms with Crippen LogP contribution in [0.5, 0.6) is 0 Å². The van der Waals surface area contributed by atoms with Crippen molar-refractivity contribution >= 4 is 40.7 Å². The predicted molar refractivity (Wildman–Crippen MR) is 97.3 cm³/mol. The fourth-order valence-corrected chi connectivity index (χ4v) is 3.39. The summed E-state index contributed by atoms with van der Waals surface area (Å²) in [5.74, 6) is -0.974. The number of aromatic nitrogens is 2. The van der Waals surface area contributed by atoms with Gasteiger partial charge in [-0.15, -0.1) is 10.2 Å². The summed E-state index contributed by atoms with van der Waals surface area (Å²) in [5.41, 5.74) is 0. The first-order valence-corrected chi connectivity index (χ1v) is 9.33. The molecule has 11 heteroatoms. The van der Waals surface area contributed by atoms with Crippen LogP contribution in [0.2, 0.25) is 0 Å². The van der Waals surface area contributed by atoms with E-state index in [0.717, 1.165) is 17.8 Å². The van der Waals surface area contributed by atoms with Crippen LogP contribution in [0.1, 0.15) is 37.6 Å². The quantitative estimate of drug-likeness (QED) is 0.368. The van der Waals surface area contributed by atoms with Crippen molar-refractivity contribution in [1.82, 2.24) is 15.5 Å². The monoisotopic (exact) mass is 400 g/mol. The molecule has 2 heterocycles. The van der Waals surface area contributed by atoms with Crippen molar-refractivity contribution < 1.29 is 29.0 Å². The summed E-state index contributed by atoms with van der Waals surface area (Å²) in [4.78, 5) is 45.2. The van der Waals surface area contributed by atoms with Gasteiger partial charge in [-0.05, 0) is 12.8 Å². The van der Waals surface area contributed by atoms with E-state index in [4.69, 9.17) is 9.90 Å². The van der Waals surface area contributed by atoms with Gasteiger partial charge < -0.3 is 15.2 Å². The Morgan fingerprint density at radius 3 is 2.78 bits per heavy atom. The van der Waals surface area contributed by atoms with Crippen molar-refractivity contribution in [3.05, 3.63) is 5.01 Å². The van der Waals surface area contributed by atoms with E-state index >= 15 is 0 Å². The molecule has 0 spiro atoms. The maximum Gasteiger partial charge on any atom is 0.305 e. The van der Waals surface area contributed by atoms with Gasteiger partial charge >= 0.3 is 5.97 Å². The van der Waals surface area contributed by atoms with Crippen LogP contribution in [0.4, 0.5) is 5.13 Å². The van der Waals surface area contributed by atoms with Crippen LogP contribution in [0.15, 0.2) is 0 Å². The van der Waals surface area contributed by atoms with Crippen molar-refractivity contribution in [1.29, 1.82) is 0 Å².